The molecule has 10 heteroatoms. The standard InChI is InChI=1S/C16H13N3O5S2/c1-2-14(20)18-15-5-10-7-19(8-12(10)24-15)26(21,22)16-4-3-13(25-16)11-6-17-9-23-11/h2-6,9H,1,7-8H2,(H,18,20). The lowest BCUT2D eigenvalue weighted by molar-refractivity contribution is -0.112. The van der Waals surface area contributed by atoms with E-state index >= 15 is 0 Å². The maximum absolute atomic E-state index is 12.9. The van der Waals surface area contributed by atoms with Gasteiger partial charge in [-0.1, -0.05) is 6.58 Å². The molecule has 8 nitrogen and oxygen atoms in total. The number of carbonyl (C=O) groups excluding carboxylic acids is 1. The van der Waals surface area contributed by atoms with Gasteiger partial charge in [0.05, 0.1) is 17.6 Å². The molecule has 0 aromatic carbocycles. The molecule has 3 aromatic rings. The zero-order valence-corrected chi connectivity index (χ0v) is 15.0. The van der Waals surface area contributed by atoms with Crippen LogP contribution in [0.1, 0.15) is 11.3 Å². The van der Waals surface area contributed by atoms with Crippen molar-refractivity contribution in [2.75, 3.05) is 5.32 Å². The number of rotatable bonds is 5. The van der Waals surface area contributed by atoms with Crippen LogP contribution in [0.4, 0.5) is 5.88 Å². The molecule has 4 rings (SSSR count). The summed E-state index contributed by atoms with van der Waals surface area (Å²) in [4.78, 5) is 15.8. The molecular formula is C16H13N3O5S2. The average Bonchev–Trinajstić information content (AvgIpc) is 3.35. The topological polar surface area (TPSA) is 106 Å². The van der Waals surface area contributed by atoms with Crippen LogP contribution in [0.3, 0.4) is 0 Å². The zero-order valence-electron chi connectivity index (χ0n) is 13.3. The summed E-state index contributed by atoms with van der Waals surface area (Å²) in [5.74, 6) is 0.924. The minimum absolute atomic E-state index is 0.108. The molecule has 0 aliphatic carbocycles. The lowest BCUT2D eigenvalue weighted by atomic mass is 10.3. The fourth-order valence-electron chi connectivity index (χ4n) is 2.60. The molecule has 0 saturated heterocycles. The number of anilines is 1. The Labute approximate surface area is 152 Å². The van der Waals surface area contributed by atoms with Crippen molar-refractivity contribution in [3.05, 3.63) is 54.8 Å². The van der Waals surface area contributed by atoms with E-state index in [1.807, 2.05) is 0 Å². The predicted molar refractivity (Wildman–Crippen MR) is 93.8 cm³/mol. The van der Waals surface area contributed by atoms with Gasteiger partial charge in [-0.05, 0) is 18.2 Å². The fourth-order valence-corrected chi connectivity index (χ4v) is 5.39. The van der Waals surface area contributed by atoms with Crippen molar-refractivity contribution in [2.24, 2.45) is 0 Å². The summed E-state index contributed by atoms with van der Waals surface area (Å²) in [6, 6.07) is 4.86. The van der Waals surface area contributed by atoms with E-state index in [-0.39, 0.29) is 29.1 Å². The number of nitrogens with zero attached hydrogens (tertiary/aromatic N) is 2. The Kier molecular flexibility index (Phi) is 4.02. The van der Waals surface area contributed by atoms with Gasteiger partial charge in [0.2, 0.25) is 5.91 Å². The highest BCUT2D eigenvalue weighted by atomic mass is 32.2. The van der Waals surface area contributed by atoms with E-state index in [2.05, 4.69) is 16.9 Å². The molecule has 0 radical (unpaired) electrons. The number of fused-ring (bicyclic) bond motifs is 1. The summed E-state index contributed by atoms with van der Waals surface area (Å²) >= 11 is 1.12. The zero-order chi connectivity index (χ0) is 18.3. The third-order valence-corrected chi connectivity index (χ3v) is 7.20. The van der Waals surface area contributed by atoms with E-state index < -0.39 is 10.0 Å². The molecule has 4 heterocycles. The third kappa shape index (κ3) is 2.87. The van der Waals surface area contributed by atoms with Crippen molar-refractivity contribution < 1.29 is 22.0 Å². The first-order valence-electron chi connectivity index (χ1n) is 7.51. The van der Waals surface area contributed by atoms with Crippen LogP contribution in [0.25, 0.3) is 10.6 Å². The van der Waals surface area contributed by atoms with E-state index in [1.165, 1.54) is 16.9 Å². The lowest BCUT2D eigenvalue weighted by Gasteiger charge is -2.14. The van der Waals surface area contributed by atoms with Gasteiger partial charge in [0.25, 0.3) is 10.0 Å². The maximum atomic E-state index is 12.9. The first kappa shape index (κ1) is 16.8. The third-order valence-electron chi connectivity index (χ3n) is 3.85. The number of sulfonamides is 1. The largest absolute Gasteiger partial charge is 0.444 e. The number of hydrogen-bond donors (Lipinski definition) is 1. The van der Waals surface area contributed by atoms with Crippen LogP contribution < -0.4 is 5.32 Å². The Balaban J connectivity index is 1.53. The number of carbonyl (C=O) groups is 1. The second-order valence-electron chi connectivity index (χ2n) is 5.51. The van der Waals surface area contributed by atoms with Crippen molar-refractivity contribution >= 4 is 33.2 Å². The molecule has 3 aromatic heterocycles. The Hall–Kier alpha value is -2.69. The Morgan fingerprint density at radius 3 is 2.92 bits per heavy atom. The van der Waals surface area contributed by atoms with E-state index in [9.17, 15) is 13.2 Å². The van der Waals surface area contributed by atoms with Crippen molar-refractivity contribution in [3.63, 3.8) is 0 Å². The van der Waals surface area contributed by atoms with Gasteiger partial charge in [-0.15, -0.1) is 11.3 Å². The molecular weight excluding hydrogens is 378 g/mol. The summed E-state index contributed by atoms with van der Waals surface area (Å²) in [6.07, 6.45) is 3.96. The van der Waals surface area contributed by atoms with Crippen LogP contribution in [0.2, 0.25) is 0 Å². The Morgan fingerprint density at radius 2 is 2.23 bits per heavy atom. The molecule has 0 bridgehead atoms. The van der Waals surface area contributed by atoms with Crippen LogP contribution in [-0.2, 0) is 27.9 Å². The van der Waals surface area contributed by atoms with Crippen molar-refractivity contribution in [2.45, 2.75) is 17.3 Å². The fraction of sp³-hybridized carbons (Fsp3) is 0.125. The predicted octanol–water partition coefficient (Wildman–Crippen LogP) is 2.83. The summed E-state index contributed by atoms with van der Waals surface area (Å²) < 4.78 is 38.0. The number of aromatic nitrogens is 1. The minimum atomic E-state index is -3.66. The molecule has 26 heavy (non-hydrogen) atoms. The second kappa shape index (κ2) is 6.24. The molecule has 1 amide bonds. The van der Waals surface area contributed by atoms with E-state index in [4.69, 9.17) is 8.83 Å². The van der Waals surface area contributed by atoms with E-state index in [0.717, 1.165) is 23.0 Å². The summed E-state index contributed by atoms with van der Waals surface area (Å²) in [7, 11) is -3.66. The summed E-state index contributed by atoms with van der Waals surface area (Å²) in [5, 5.41) is 2.52. The number of nitrogens with one attached hydrogen (secondary N) is 1. The van der Waals surface area contributed by atoms with Crippen LogP contribution in [0.15, 0.2) is 56.5 Å². The molecule has 0 fully saturated rings. The van der Waals surface area contributed by atoms with Crippen molar-refractivity contribution in [1.82, 2.24) is 9.29 Å². The van der Waals surface area contributed by atoms with Crippen LogP contribution in [0.5, 0.6) is 0 Å². The molecule has 0 spiro atoms. The van der Waals surface area contributed by atoms with Crippen molar-refractivity contribution in [1.29, 1.82) is 0 Å². The highest BCUT2D eigenvalue weighted by molar-refractivity contribution is 7.91. The highest BCUT2D eigenvalue weighted by Crippen LogP contribution is 2.36. The van der Waals surface area contributed by atoms with Gasteiger partial charge in [0.15, 0.2) is 18.0 Å². The van der Waals surface area contributed by atoms with Gasteiger partial charge in [-0.25, -0.2) is 13.4 Å². The first-order chi connectivity index (χ1) is 12.5. The van der Waals surface area contributed by atoms with Gasteiger partial charge in [0.1, 0.15) is 9.97 Å². The van der Waals surface area contributed by atoms with Crippen LogP contribution in [0, 0.1) is 0 Å². The molecule has 0 atom stereocenters. The second-order valence-corrected chi connectivity index (χ2v) is 8.76. The number of oxazole rings is 1. The Morgan fingerprint density at radius 1 is 1.38 bits per heavy atom. The maximum Gasteiger partial charge on any atom is 0.253 e. The molecule has 1 aliphatic rings. The Bertz CT molecular complexity index is 1060. The smallest absolute Gasteiger partial charge is 0.253 e. The average molecular weight is 391 g/mol. The number of amides is 1. The molecule has 0 unspecified atom stereocenters. The lowest BCUT2D eigenvalue weighted by Crippen LogP contribution is -2.25. The monoisotopic (exact) mass is 391 g/mol. The normalized spacial score (nSPS) is 14.3. The molecule has 1 aliphatic heterocycles. The van der Waals surface area contributed by atoms with Gasteiger partial charge in [-0.2, -0.15) is 4.31 Å². The number of furan rings is 1. The first-order valence-corrected chi connectivity index (χ1v) is 9.77. The molecule has 0 saturated carbocycles. The summed E-state index contributed by atoms with van der Waals surface area (Å²) in [5.41, 5.74) is 0.722. The minimum Gasteiger partial charge on any atom is -0.444 e. The number of hydrogen-bond acceptors (Lipinski definition) is 7. The van der Waals surface area contributed by atoms with Gasteiger partial charge < -0.3 is 8.83 Å². The molecule has 1 N–H and O–H groups in total. The summed E-state index contributed by atoms with van der Waals surface area (Å²) in [6.45, 7) is 3.66. The SMILES string of the molecule is C=CC(=O)Nc1cc2c(o1)CN(S(=O)(=O)c1ccc(-c3cnco3)s1)C2. The quantitative estimate of drug-likeness (QED) is 0.671. The van der Waals surface area contributed by atoms with Gasteiger partial charge in [-0.3, -0.25) is 10.1 Å². The number of thiophene rings is 1. The van der Waals surface area contributed by atoms with Crippen LogP contribution >= 0.6 is 11.3 Å². The molecule has 134 valence electrons. The van der Waals surface area contributed by atoms with Crippen molar-refractivity contribution in [3.8, 4) is 10.6 Å². The highest BCUT2D eigenvalue weighted by Gasteiger charge is 2.34. The van der Waals surface area contributed by atoms with Gasteiger partial charge >= 0.3 is 0 Å². The van der Waals surface area contributed by atoms with Crippen LogP contribution in [-0.4, -0.2) is 23.6 Å². The van der Waals surface area contributed by atoms with E-state index in [1.54, 1.807) is 18.2 Å². The van der Waals surface area contributed by atoms with E-state index in [0.29, 0.717) is 16.4 Å². The van der Waals surface area contributed by atoms with Gasteiger partial charge in [0, 0.05) is 18.2 Å².